The molecule has 0 radical (unpaired) electrons. The second kappa shape index (κ2) is 7.79. The van der Waals surface area contributed by atoms with E-state index in [-0.39, 0.29) is 0 Å². The Morgan fingerprint density at radius 2 is 2.00 bits per heavy atom. The standard InChI is InChI=1S/C23H26N2O/c1-26-21-16-20(22-9-12-24-23(22)17-21)8-5-13-25-14-10-19(11-15-25)18-6-3-2-4-7-18/h2-4,6-7,9-10,12,16-17,24H,5,8,11,13-15H2,1H3. The predicted octanol–water partition coefficient (Wildman–Crippen LogP) is 4.90. The highest BCUT2D eigenvalue weighted by molar-refractivity contribution is 5.84. The molecular weight excluding hydrogens is 320 g/mol. The zero-order chi connectivity index (χ0) is 17.8. The van der Waals surface area contributed by atoms with Crippen molar-refractivity contribution in [1.82, 2.24) is 9.88 Å². The summed E-state index contributed by atoms with van der Waals surface area (Å²) < 4.78 is 5.44. The first-order valence-corrected chi connectivity index (χ1v) is 9.44. The van der Waals surface area contributed by atoms with Crippen molar-refractivity contribution in [3.63, 3.8) is 0 Å². The Balaban J connectivity index is 1.35. The van der Waals surface area contributed by atoms with Gasteiger partial charge in [-0.1, -0.05) is 36.4 Å². The number of aryl methyl sites for hydroxylation is 1. The number of hydrogen-bond acceptors (Lipinski definition) is 2. The van der Waals surface area contributed by atoms with Crippen LogP contribution in [0.1, 0.15) is 24.0 Å². The minimum atomic E-state index is 0.934. The minimum Gasteiger partial charge on any atom is -0.497 e. The summed E-state index contributed by atoms with van der Waals surface area (Å²) in [6, 6.07) is 17.2. The number of aromatic amines is 1. The summed E-state index contributed by atoms with van der Waals surface area (Å²) in [6.45, 7) is 3.35. The van der Waals surface area contributed by atoms with E-state index in [9.17, 15) is 0 Å². The van der Waals surface area contributed by atoms with Crippen LogP contribution in [-0.4, -0.2) is 36.6 Å². The van der Waals surface area contributed by atoms with E-state index in [4.69, 9.17) is 4.74 Å². The zero-order valence-electron chi connectivity index (χ0n) is 15.4. The second-order valence-electron chi connectivity index (χ2n) is 6.97. The van der Waals surface area contributed by atoms with Gasteiger partial charge < -0.3 is 9.72 Å². The summed E-state index contributed by atoms with van der Waals surface area (Å²) in [4.78, 5) is 5.85. The molecule has 0 aliphatic carbocycles. The average molecular weight is 346 g/mol. The van der Waals surface area contributed by atoms with Gasteiger partial charge >= 0.3 is 0 Å². The minimum absolute atomic E-state index is 0.934. The van der Waals surface area contributed by atoms with Crippen molar-refractivity contribution >= 4 is 16.5 Å². The summed E-state index contributed by atoms with van der Waals surface area (Å²) in [6.07, 6.45) is 7.80. The number of ether oxygens (including phenoxy) is 1. The Kier molecular flexibility index (Phi) is 5.07. The third-order valence-corrected chi connectivity index (χ3v) is 5.32. The van der Waals surface area contributed by atoms with Crippen molar-refractivity contribution < 1.29 is 4.74 Å². The van der Waals surface area contributed by atoms with Crippen LogP contribution in [0.4, 0.5) is 0 Å². The molecule has 0 fully saturated rings. The Morgan fingerprint density at radius 3 is 2.77 bits per heavy atom. The van der Waals surface area contributed by atoms with Gasteiger partial charge in [0.25, 0.3) is 0 Å². The largest absolute Gasteiger partial charge is 0.497 e. The maximum atomic E-state index is 5.44. The Hall–Kier alpha value is -2.52. The molecular formula is C23H26N2O. The molecule has 1 aliphatic heterocycles. The van der Waals surface area contributed by atoms with Gasteiger partial charge in [-0.05, 0) is 54.6 Å². The molecule has 0 unspecified atom stereocenters. The lowest BCUT2D eigenvalue weighted by molar-refractivity contribution is 0.298. The molecule has 3 heteroatoms. The van der Waals surface area contributed by atoms with Gasteiger partial charge in [-0.2, -0.15) is 0 Å². The average Bonchev–Trinajstić information content (AvgIpc) is 3.18. The quantitative estimate of drug-likeness (QED) is 0.688. The molecule has 2 heterocycles. The number of methoxy groups -OCH3 is 1. The van der Waals surface area contributed by atoms with Crippen molar-refractivity contribution in [2.24, 2.45) is 0 Å². The van der Waals surface area contributed by atoms with Crippen LogP contribution in [0.15, 0.2) is 60.8 Å². The molecule has 1 N–H and O–H groups in total. The molecule has 1 aromatic heterocycles. The van der Waals surface area contributed by atoms with Crippen LogP contribution in [0.5, 0.6) is 5.75 Å². The van der Waals surface area contributed by atoms with E-state index in [1.54, 1.807) is 7.11 Å². The lowest BCUT2D eigenvalue weighted by atomic mass is 9.99. The summed E-state index contributed by atoms with van der Waals surface area (Å²) >= 11 is 0. The highest BCUT2D eigenvalue weighted by atomic mass is 16.5. The highest BCUT2D eigenvalue weighted by Crippen LogP contribution is 2.26. The molecule has 0 atom stereocenters. The van der Waals surface area contributed by atoms with E-state index in [0.29, 0.717) is 0 Å². The van der Waals surface area contributed by atoms with Crippen LogP contribution in [0.25, 0.3) is 16.5 Å². The molecule has 2 aromatic carbocycles. The molecule has 0 spiro atoms. The van der Waals surface area contributed by atoms with Gasteiger partial charge in [-0.3, -0.25) is 4.90 Å². The number of benzene rings is 2. The molecule has 0 saturated heterocycles. The number of nitrogens with one attached hydrogen (secondary N) is 1. The number of H-pyrrole nitrogens is 1. The molecule has 1 aliphatic rings. The lowest BCUT2D eigenvalue weighted by Gasteiger charge is -2.26. The van der Waals surface area contributed by atoms with E-state index in [0.717, 1.165) is 43.7 Å². The van der Waals surface area contributed by atoms with E-state index < -0.39 is 0 Å². The molecule has 0 amide bonds. The van der Waals surface area contributed by atoms with Crippen LogP contribution in [0.2, 0.25) is 0 Å². The third-order valence-electron chi connectivity index (χ3n) is 5.32. The SMILES string of the molecule is COc1cc(CCCN2CC=C(c3ccccc3)CC2)c2cc[nH]c2c1. The van der Waals surface area contributed by atoms with Crippen molar-refractivity contribution in [3.05, 3.63) is 71.9 Å². The maximum Gasteiger partial charge on any atom is 0.121 e. The lowest BCUT2D eigenvalue weighted by Crippen LogP contribution is -2.29. The van der Waals surface area contributed by atoms with Gasteiger partial charge in [0.05, 0.1) is 7.11 Å². The predicted molar refractivity (Wildman–Crippen MR) is 109 cm³/mol. The molecule has 4 rings (SSSR count). The van der Waals surface area contributed by atoms with Gasteiger partial charge in [-0.15, -0.1) is 0 Å². The Bertz CT molecular complexity index is 895. The monoisotopic (exact) mass is 346 g/mol. The summed E-state index contributed by atoms with van der Waals surface area (Å²) in [7, 11) is 1.73. The Morgan fingerprint density at radius 1 is 1.12 bits per heavy atom. The number of rotatable bonds is 6. The highest BCUT2D eigenvalue weighted by Gasteiger charge is 2.13. The van der Waals surface area contributed by atoms with E-state index in [1.807, 2.05) is 6.20 Å². The summed E-state index contributed by atoms with van der Waals surface area (Å²) in [5.41, 5.74) is 5.40. The molecule has 0 bridgehead atoms. The summed E-state index contributed by atoms with van der Waals surface area (Å²) in [5.74, 6) is 0.934. The fourth-order valence-electron chi connectivity index (χ4n) is 3.86. The smallest absolute Gasteiger partial charge is 0.121 e. The third kappa shape index (κ3) is 3.68. The van der Waals surface area contributed by atoms with Gasteiger partial charge in [0.15, 0.2) is 0 Å². The molecule has 26 heavy (non-hydrogen) atoms. The van der Waals surface area contributed by atoms with Gasteiger partial charge in [0, 0.05) is 36.3 Å². The summed E-state index contributed by atoms with van der Waals surface area (Å²) in [5, 5.41) is 1.32. The van der Waals surface area contributed by atoms with Crippen LogP contribution in [0, 0.1) is 0 Å². The van der Waals surface area contributed by atoms with Gasteiger partial charge in [0.1, 0.15) is 5.75 Å². The van der Waals surface area contributed by atoms with E-state index >= 15 is 0 Å². The second-order valence-corrected chi connectivity index (χ2v) is 6.97. The fraction of sp³-hybridized carbons (Fsp3) is 0.304. The first-order valence-electron chi connectivity index (χ1n) is 9.44. The molecule has 3 nitrogen and oxygen atoms in total. The Labute approximate surface area is 155 Å². The van der Waals surface area contributed by atoms with Crippen molar-refractivity contribution in [1.29, 1.82) is 0 Å². The number of aromatic nitrogens is 1. The first kappa shape index (κ1) is 16.9. The molecule has 3 aromatic rings. The topological polar surface area (TPSA) is 28.3 Å². The van der Waals surface area contributed by atoms with Crippen molar-refractivity contribution in [3.8, 4) is 5.75 Å². The first-order chi connectivity index (χ1) is 12.8. The van der Waals surface area contributed by atoms with Crippen molar-refractivity contribution in [2.75, 3.05) is 26.7 Å². The van der Waals surface area contributed by atoms with Crippen LogP contribution < -0.4 is 4.74 Å². The number of hydrogen-bond donors (Lipinski definition) is 1. The maximum absolute atomic E-state index is 5.44. The number of nitrogens with zero attached hydrogens (tertiary/aromatic N) is 1. The van der Waals surface area contributed by atoms with Gasteiger partial charge in [-0.25, -0.2) is 0 Å². The molecule has 0 saturated carbocycles. The van der Waals surface area contributed by atoms with Crippen LogP contribution >= 0.6 is 0 Å². The van der Waals surface area contributed by atoms with Crippen molar-refractivity contribution in [2.45, 2.75) is 19.3 Å². The van der Waals surface area contributed by atoms with Crippen LogP contribution in [-0.2, 0) is 6.42 Å². The fourth-order valence-corrected chi connectivity index (χ4v) is 3.86. The number of fused-ring (bicyclic) bond motifs is 1. The van der Waals surface area contributed by atoms with Gasteiger partial charge in [0.2, 0.25) is 0 Å². The van der Waals surface area contributed by atoms with E-state index in [1.165, 1.54) is 28.5 Å². The normalized spacial score (nSPS) is 15.2. The van der Waals surface area contributed by atoms with Crippen LogP contribution in [0.3, 0.4) is 0 Å². The van der Waals surface area contributed by atoms with E-state index in [2.05, 4.69) is 64.5 Å². The molecule has 134 valence electrons. The zero-order valence-corrected chi connectivity index (χ0v) is 15.4.